The molecule has 1 aromatic heterocycles. The number of anilines is 1. The lowest BCUT2D eigenvalue weighted by atomic mass is 9.93. The second-order valence-corrected chi connectivity index (χ2v) is 7.19. The average molecular weight is 316 g/mol. The van der Waals surface area contributed by atoms with Crippen LogP contribution in [-0.2, 0) is 16.6 Å². The van der Waals surface area contributed by atoms with Crippen LogP contribution in [0.5, 0.6) is 0 Å². The van der Waals surface area contributed by atoms with Crippen LogP contribution in [0.4, 0.5) is 5.69 Å². The average Bonchev–Trinajstić information content (AvgIpc) is 3.17. The van der Waals surface area contributed by atoms with Crippen LogP contribution in [0.25, 0.3) is 10.9 Å². The smallest absolute Gasteiger partial charge is 0.237 e. The van der Waals surface area contributed by atoms with Gasteiger partial charge in [0.15, 0.2) is 0 Å². The van der Waals surface area contributed by atoms with Crippen molar-refractivity contribution in [3.8, 4) is 0 Å². The Balaban J connectivity index is 1.60. The number of para-hydroxylation sites is 2. The summed E-state index contributed by atoms with van der Waals surface area (Å²) in [6, 6.07) is 16.8. The van der Waals surface area contributed by atoms with Gasteiger partial charge in [-0.3, -0.25) is 4.79 Å². The highest BCUT2D eigenvalue weighted by atomic mass is 16.2. The number of H-pyrrole nitrogens is 1. The Labute approximate surface area is 141 Å². The molecule has 1 fully saturated rings. The molecule has 24 heavy (non-hydrogen) atoms. The first kappa shape index (κ1) is 13.8. The maximum Gasteiger partial charge on any atom is 0.237 e. The largest absolute Gasteiger partial charge is 0.361 e. The third-order valence-corrected chi connectivity index (χ3v) is 5.69. The molecule has 2 aromatic carbocycles. The number of aromatic nitrogens is 1. The third-order valence-electron chi connectivity index (χ3n) is 5.69. The van der Waals surface area contributed by atoms with Crippen molar-refractivity contribution in [1.29, 1.82) is 0 Å². The van der Waals surface area contributed by atoms with Crippen molar-refractivity contribution in [2.75, 3.05) is 4.90 Å². The molecule has 1 atom stereocenters. The number of nitrogens with zero attached hydrogens (tertiary/aromatic N) is 1. The highest BCUT2D eigenvalue weighted by Gasteiger charge is 2.55. The van der Waals surface area contributed by atoms with Crippen LogP contribution in [0.1, 0.15) is 30.9 Å². The fourth-order valence-corrected chi connectivity index (χ4v) is 4.30. The first-order valence-corrected chi connectivity index (χ1v) is 8.69. The van der Waals surface area contributed by atoms with Crippen LogP contribution in [0.15, 0.2) is 54.7 Å². The Bertz CT molecular complexity index is 951. The molecule has 0 radical (unpaired) electrons. The van der Waals surface area contributed by atoms with Crippen molar-refractivity contribution >= 4 is 22.5 Å². The summed E-state index contributed by atoms with van der Waals surface area (Å²) in [5, 5.41) is 1.18. The van der Waals surface area contributed by atoms with E-state index in [2.05, 4.69) is 42.2 Å². The molecule has 0 spiro atoms. The minimum Gasteiger partial charge on any atom is -0.361 e. The second kappa shape index (κ2) is 4.73. The molecule has 1 aliphatic carbocycles. The number of carbonyl (C=O) groups excluding carboxylic acids is 1. The Morgan fingerprint density at radius 2 is 1.88 bits per heavy atom. The van der Waals surface area contributed by atoms with E-state index in [9.17, 15) is 4.79 Å². The minimum absolute atomic E-state index is 0.234. The summed E-state index contributed by atoms with van der Waals surface area (Å²) >= 11 is 0. The van der Waals surface area contributed by atoms with Gasteiger partial charge in [-0.05, 0) is 49.4 Å². The number of amides is 1. The van der Waals surface area contributed by atoms with Crippen LogP contribution in [0.2, 0.25) is 0 Å². The van der Waals surface area contributed by atoms with Crippen molar-refractivity contribution in [1.82, 2.24) is 4.98 Å². The van der Waals surface area contributed by atoms with Crippen LogP contribution in [0, 0.1) is 0 Å². The van der Waals surface area contributed by atoms with Gasteiger partial charge in [-0.2, -0.15) is 0 Å². The van der Waals surface area contributed by atoms with Crippen molar-refractivity contribution < 1.29 is 4.79 Å². The summed E-state index contributed by atoms with van der Waals surface area (Å²) < 4.78 is 0. The SMILES string of the molecule is CC1Cc2ccccc2N1C(=O)C1(c2c[nH]c3ccccc23)CC1. The zero-order chi connectivity index (χ0) is 16.3. The first-order chi connectivity index (χ1) is 11.7. The summed E-state index contributed by atoms with van der Waals surface area (Å²) in [5.41, 5.74) is 4.32. The molecule has 5 rings (SSSR count). The fourth-order valence-electron chi connectivity index (χ4n) is 4.30. The van der Waals surface area contributed by atoms with Gasteiger partial charge in [0.2, 0.25) is 5.91 Å². The minimum atomic E-state index is -0.342. The van der Waals surface area contributed by atoms with E-state index in [0.717, 1.165) is 30.5 Å². The molecule has 1 aliphatic heterocycles. The van der Waals surface area contributed by atoms with Crippen LogP contribution >= 0.6 is 0 Å². The van der Waals surface area contributed by atoms with E-state index in [1.165, 1.54) is 16.5 Å². The Hall–Kier alpha value is -2.55. The lowest BCUT2D eigenvalue weighted by Crippen LogP contribution is -2.42. The first-order valence-electron chi connectivity index (χ1n) is 8.69. The zero-order valence-corrected chi connectivity index (χ0v) is 13.8. The van der Waals surface area contributed by atoms with Crippen LogP contribution < -0.4 is 4.90 Å². The summed E-state index contributed by atoms with van der Waals surface area (Å²) in [5.74, 6) is 0.268. The van der Waals surface area contributed by atoms with Gasteiger partial charge in [0.25, 0.3) is 0 Å². The normalized spacial score (nSPS) is 21.0. The Morgan fingerprint density at radius 3 is 2.71 bits per heavy atom. The molecule has 3 heteroatoms. The molecule has 0 saturated heterocycles. The molecular formula is C21H20N2O. The van der Waals surface area contributed by atoms with E-state index in [1.807, 2.05) is 29.3 Å². The summed E-state index contributed by atoms with van der Waals surface area (Å²) in [6.07, 6.45) is 4.88. The summed E-state index contributed by atoms with van der Waals surface area (Å²) in [7, 11) is 0. The molecule has 0 bridgehead atoms. The Kier molecular flexibility index (Phi) is 2.73. The summed E-state index contributed by atoms with van der Waals surface area (Å²) in [4.78, 5) is 18.9. The van der Waals surface area contributed by atoms with Gasteiger partial charge in [0, 0.05) is 28.8 Å². The van der Waals surface area contributed by atoms with E-state index < -0.39 is 0 Å². The van der Waals surface area contributed by atoms with Gasteiger partial charge in [0.1, 0.15) is 0 Å². The molecule has 3 aromatic rings. The lowest BCUT2D eigenvalue weighted by Gasteiger charge is -2.27. The molecule has 1 N–H and O–H groups in total. The molecule has 3 nitrogen and oxygen atoms in total. The maximum absolute atomic E-state index is 13.6. The number of benzene rings is 2. The third kappa shape index (κ3) is 1.75. The quantitative estimate of drug-likeness (QED) is 0.756. The number of fused-ring (bicyclic) bond motifs is 2. The van der Waals surface area contributed by atoms with Gasteiger partial charge >= 0.3 is 0 Å². The van der Waals surface area contributed by atoms with E-state index in [-0.39, 0.29) is 17.4 Å². The zero-order valence-electron chi connectivity index (χ0n) is 13.8. The molecular weight excluding hydrogens is 296 g/mol. The maximum atomic E-state index is 13.6. The highest BCUT2D eigenvalue weighted by Crippen LogP contribution is 2.53. The summed E-state index contributed by atoms with van der Waals surface area (Å²) in [6.45, 7) is 2.16. The van der Waals surface area contributed by atoms with Gasteiger partial charge in [-0.15, -0.1) is 0 Å². The Morgan fingerprint density at radius 1 is 1.12 bits per heavy atom. The van der Waals surface area contributed by atoms with Crippen molar-refractivity contribution in [3.05, 3.63) is 65.9 Å². The van der Waals surface area contributed by atoms with Crippen molar-refractivity contribution in [2.24, 2.45) is 0 Å². The molecule has 1 unspecified atom stereocenters. The van der Waals surface area contributed by atoms with E-state index in [0.29, 0.717) is 0 Å². The van der Waals surface area contributed by atoms with Crippen LogP contribution in [0.3, 0.4) is 0 Å². The highest BCUT2D eigenvalue weighted by molar-refractivity contribution is 6.07. The number of hydrogen-bond acceptors (Lipinski definition) is 1. The number of aromatic amines is 1. The molecule has 2 heterocycles. The van der Waals surface area contributed by atoms with E-state index in [4.69, 9.17) is 0 Å². The standard InChI is InChI=1S/C21H20N2O/c1-14-12-15-6-2-5-9-19(15)23(14)20(24)21(10-11-21)17-13-22-18-8-4-3-7-16(17)18/h2-9,13-14,22H,10-12H2,1H3. The predicted octanol–water partition coefficient (Wildman–Crippen LogP) is 4.18. The van der Waals surface area contributed by atoms with Gasteiger partial charge in [-0.1, -0.05) is 36.4 Å². The molecule has 1 amide bonds. The molecule has 120 valence electrons. The van der Waals surface area contributed by atoms with E-state index >= 15 is 0 Å². The van der Waals surface area contributed by atoms with Gasteiger partial charge in [-0.25, -0.2) is 0 Å². The van der Waals surface area contributed by atoms with Gasteiger partial charge < -0.3 is 9.88 Å². The number of hydrogen-bond donors (Lipinski definition) is 1. The molecule has 1 saturated carbocycles. The van der Waals surface area contributed by atoms with Gasteiger partial charge in [0.05, 0.1) is 5.41 Å². The lowest BCUT2D eigenvalue weighted by molar-refractivity contribution is -0.121. The second-order valence-electron chi connectivity index (χ2n) is 7.19. The van der Waals surface area contributed by atoms with Crippen LogP contribution in [-0.4, -0.2) is 16.9 Å². The molecule has 2 aliphatic rings. The number of rotatable bonds is 2. The fraction of sp³-hybridized carbons (Fsp3) is 0.286. The monoisotopic (exact) mass is 316 g/mol. The van der Waals surface area contributed by atoms with Crippen molar-refractivity contribution in [2.45, 2.75) is 37.6 Å². The number of carbonyl (C=O) groups is 1. The number of nitrogens with one attached hydrogen (secondary N) is 1. The van der Waals surface area contributed by atoms with Crippen molar-refractivity contribution in [3.63, 3.8) is 0 Å². The van der Waals surface area contributed by atoms with E-state index in [1.54, 1.807) is 0 Å². The topological polar surface area (TPSA) is 36.1 Å². The predicted molar refractivity (Wildman–Crippen MR) is 96.3 cm³/mol.